The summed E-state index contributed by atoms with van der Waals surface area (Å²) in [7, 11) is 0. The Morgan fingerprint density at radius 1 is 1.39 bits per heavy atom. The Kier molecular flexibility index (Phi) is 3.09. The fourth-order valence-corrected chi connectivity index (χ4v) is 2.09. The van der Waals surface area contributed by atoms with Crippen LogP contribution in [0.5, 0.6) is 0 Å². The summed E-state index contributed by atoms with van der Waals surface area (Å²) < 4.78 is 0. The molecule has 0 amide bonds. The van der Waals surface area contributed by atoms with E-state index in [0.717, 1.165) is 5.56 Å². The predicted octanol–water partition coefficient (Wildman–Crippen LogP) is 3.50. The van der Waals surface area contributed by atoms with E-state index in [9.17, 15) is 10.1 Å². The van der Waals surface area contributed by atoms with Crippen LogP contribution in [0.1, 0.15) is 25.3 Å². The maximum atomic E-state index is 10.8. The van der Waals surface area contributed by atoms with Gasteiger partial charge in [0, 0.05) is 17.5 Å². The van der Waals surface area contributed by atoms with Crippen LogP contribution in [0.25, 0.3) is 10.9 Å². The molecule has 2 aromatic rings. The van der Waals surface area contributed by atoms with E-state index in [2.05, 4.69) is 4.98 Å². The molecule has 6 heteroatoms. The van der Waals surface area contributed by atoms with Crippen molar-refractivity contribution >= 4 is 34.0 Å². The third-order valence-electron chi connectivity index (χ3n) is 2.75. The molecular weight excluding hydrogens is 254 g/mol. The van der Waals surface area contributed by atoms with Gasteiger partial charge in [-0.25, -0.2) is 4.98 Å². The number of nitro benzene ring substituents is 1. The van der Waals surface area contributed by atoms with Crippen LogP contribution >= 0.6 is 11.6 Å². The van der Waals surface area contributed by atoms with E-state index in [-0.39, 0.29) is 16.6 Å². The van der Waals surface area contributed by atoms with Crippen LogP contribution in [-0.2, 0) is 0 Å². The number of halogens is 1. The molecule has 0 radical (unpaired) electrons. The highest BCUT2D eigenvalue weighted by Gasteiger charge is 2.14. The van der Waals surface area contributed by atoms with Gasteiger partial charge < -0.3 is 5.73 Å². The van der Waals surface area contributed by atoms with Crippen molar-refractivity contribution < 1.29 is 4.92 Å². The maximum absolute atomic E-state index is 10.8. The largest absolute Gasteiger partial charge is 0.383 e. The first kappa shape index (κ1) is 12.6. The Morgan fingerprint density at radius 3 is 2.61 bits per heavy atom. The molecule has 1 heterocycles. The van der Waals surface area contributed by atoms with Crippen LogP contribution in [-0.4, -0.2) is 9.91 Å². The number of pyridine rings is 1. The predicted molar refractivity (Wildman–Crippen MR) is 71.9 cm³/mol. The number of nitrogen functional groups attached to an aromatic ring is 1. The molecule has 0 unspecified atom stereocenters. The van der Waals surface area contributed by atoms with Crippen molar-refractivity contribution in [2.24, 2.45) is 0 Å². The number of fused-ring (bicyclic) bond motifs is 1. The average molecular weight is 266 g/mol. The van der Waals surface area contributed by atoms with E-state index in [0.29, 0.717) is 16.7 Å². The second-order valence-electron chi connectivity index (χ2n) is 4.37. The summed E-state index contributed by atoms with van der Waals surface area (Å²) in [5.41, 5.74) is 7.15. The molecule has 18 heavy (non-hydrogen) atoms. The van der Waals surface area contributed by atoms with E-state index < -0.39 is 4.92 Å². The van der Waals surface area contributed by atoms with Gasteiger partial charge >= 0.3 is 0 Å². The first-order valence-electron chi connectivity index (χ1n) is 5.44. The van der Waals surface area contributed by atoms with Crippen molar-refractivity contribution in [1.29, 1.82) is 0 Å². The molecule has 0 aliphatic heterocycles. The lowest BCUT2D eigenvalue weighted by Crippen LogP contribution is -2.00. The fraction of sp³-hybridized carbons (Fsp3) is 0.250. The summed E-state index contributed by atoms with van der Waals surface area (Å²) in [5, 5.41) is 11.7. The summed E-state index contributed by atoms with van der Waals surface area (Å²) in [6.07, 6.45) is 0. The van der Waals surface area contributed by atoms with Crippen molar-refractivity contribution in [1.82, 2.24) is 4.98 Å². The third kappa shape index (κ3) is 2.09. The monoisotopic (exact) mass is 265 g/mol. The number of anilines is 1. The molecule has 94 valence electrons. The Balaban J connectivity index is 2.78. The van der Waals surface area contributed by atoms with Gasteiger partial charge in [0.15, 0.2) is 0 Å². The molecule has 1 aromatic carbocycles. The molecule has 5 nitrogen and oxygen atoms in total. The minimum atomic E-state index is -0.475. The molecule has 1 aromatic heterocycles. The Bertz CT molecular complexity index is 641. The lowest BCUT2D eigenvalue weighted by atomic mass is 10.0. The van der Waals surface area contributed by atoms with E-state index in [1.54, 1.807) is 6.07 Å². The summed E-state index contributed by atoms with van der Waals surface area (Å²) in [4.78, 5) is 14.5. The molecule has 2 N–H and O–H groups in total. The molecule has 0 saturated heterocycles. The van der Waals surface area contributed by atoms with Gasteiger partial charge in [0.2, 0.25) is 0 Å². The SMILES string of the molecule is CC(C)c1cc2cc([N+](=O)[O-])cc(Cl)c2nc1N. The molecular formula is C12H12ClN3O2. The molecule has 0 aliphatic rings. The van der Waals surface area contributed by atoms with Gasteiger partial charge in [-0.2, -0.15) is 0 Å². The van der Waals surface area contributed by atoms with E-state index in [1.165, 1.54) is 12.1 Å². The Hall–Kier alpha value is -1.88. The van der Waals surface area contributed by atoms with Gasteiger partial charge in [-0.05, 0) is 17.5 Å². The minimum absolute atomic E-state index is 0.0474. The summed E-state index contributed by atoms with van der Waals surface area (Å²) in [5.74, 6) is 0.605. The lowest BCUT2D eigenvalue weighted by Gasteiger charge is -2.10. The quantitative estimate of drug-likeness (QED) is 0.665. The number of hydrogen-bond acceptors (Lipinski definition) is 4. The highest BCUT2D eigenvalue weighted by atomic mass is 35.5. The number of nitrogens with two attached hydrogens (primary N) is 1. The van der Waals surface area contributed by atoms with Gasteiger partial charge in [-0.15, -0.1) is 0 Å². The first-order valence-corrected chi connectivity index (χ1v) is 5.82. The highest BCUT2D eigenvalue weighted by Crippen LogP contribution is 2.31. The molecule has 0 saturated carbocycles. The van der Waals surface area contributed by atoms with Crippen LogP contribution < -0.4 is 5.73 Å². The van der Waals surface area contributed by atoms with Crippen molar-refractivity contribution in [3.05, 3.63) is 38.9 Å². The zero-order valence-electron chi connectivity index (χ0n) is 9.98. The summed E-state index contributed by atoms with van der Waals surface area (Å²) in [6.45, 7) is 3.97. The number of nitrogens with zero attached hydrogens (tertiary/aromatic N) is 2. The van der Waals surface area contributed by atoms with Crippen LogP contribution in [0, 0.1) is 10.1 Å². The van der Waals surface area contributed by atoms with Gasteiger partial charge in [-0.3, -0.25) is 10.1 Å². The van der Waals surface area contributed by atoms with Crippen molar-refractivity contribution in [3.8, 4) is 0 Å². The van der Waals surface area contributed by atoms with Crippen LogP contribution in [0.3, 0.4) is 0 Å². The normalized spacial score (nSPS) is 11.1. The van der Waals surface area contributed by atoms with Crippen molar-refractivity contribution in [2.75, 3.05) is 5.73 Å². The number of hydrogen-bond donors (Lipinski definition) is 1. The zero-order valence-corrected chi connectivity index (χ0v) is 10.7. The number of rotatable bonds is 2. The molecule has 0 aliphatic carbocycles. The van der Waals surface area contributed by atoms with Gasteiger partial charge in [0.25, 0.3) is 5.69 Å². The third-order valence-corrected chi connectivity index (χ3v) is 3.04. The van der Waals surface area contributed by atoms with Crippen LogP contribution in [0.2, 0.25) is 5.02 Å². The number of aromatic nitrogens is 1. The maximum Gasteiger partial charge on any atom is 0.271 e. The Labute approximate surface area is 109 Å². The molecule has 0 atom stereocenters. The zero-order chi connectivity index (χ0) is 13.4. The van der Waals surface area contributed by atoms with Gasteiger partial charge in [0.1, 0.15) is 5.82 Å². The molecule has 0 fully saturated rings. The van der Waals surface area contributed by atoms with E-state index >= 15 is 0 Å². The van der Waals surface area contributed by atoms with Crippen molar-refractivity contribution in [3.63, 3.8) is 0 Å². The molecule has 0 spiro atoms. The van der Waals surface area contributed by atoms with Gasteiger partial charge in [0.05, 0.1) is 15.5 Å². The van der Waals surface area contributed by atoms with E-state index in [1.807, 2.05) is 13.8 Å². The van der Waals surface area contributed by atoms with E-state index in [4.69, 9.17) is 17.3 Å². The summed E-state index contributed by atoms with van der Waals surface area (Å²) in [6, 6.07) is 4.55. The fourth-order valence-electron chi connectivity index (χ4n) is 1.83. The van der Waals surface area contributed by atoms with Crippen LogP contribution in [0.15, 0.2) is 18.2 Å². The number of non-ortho nitro benzene ring substituents is 1. The highest BCUT2D eigenvalue weighted by molar-refractivity contribution is 6.35. The average Bonchev–Trinajstić information content (AvgIpc) is 2.28. The van der Waals surface area contributed by atoms with Gasteiger partial charge in [-0.1, -0.05) is 25.4 Å². The van der Waals surface area contributed by atoms with Crippen molar-refractivity contribution in [2.45, 2.75) is 19.8 Å². The molecule has 2 rings (SSSR count). The molecule has 0 bridgehead atoms. The number of benzene rings is 1. The smallest absolute Gasteiger partial charge is 0.271 e. The summed E-state index contributed by atoms with van der Waals surface area (Å²) >= 11 is 5.99. The van der Waals surface area contributed by atoms with Crippen LogP contribution in [0.4, 0.5) is 11.5 Å². The Morgan fingerprint density at radius 2 is 2.06 bits per heavy atom. The number of nitro groups is 1. The lowest BCUT2D eigenvalue weighted by molar-refractivity contribution is -0.384. The first-order chi connectivity index (χ1) is 8.40. The topological polar surface area (TPSA) is 82.0 Å². The second kappa shape index (κ2) is 4.42. The standard InChI is InChI=1S/C12H12ClN3O2/c1-6(2)9-4-7-3-8(16(17)18)5-10(13)11(7)15-12(9)14/h3-6H,1-2H3,(H2,14,15). The minimum Gasteiger partial charge on any atom is -0.383 e. The second-order valence-corrected chi connectivity index (χ2v) is 4.78.